The molecule has 0 atom stereocenters. The molecule has 3 aromatic rings. The average Bonchev–Trinajstić information content (AvgIpc) is 2.73. The van der Waals surface area contributed by atoms with Gasteiger partial charge in [0.05, 0.1) is 24.4 Å². The molecule has 3 heterocycles. The zero-order chi connectivity index (χ0) is 18.6. The third-order valence-electron chi connectivity index (χ3n) is 4.67. The number of ether oxygens (including phenoxy) is 2. The molecule has 1 aliphatic rings. The SMILES string of the molecule is Cc1cc(-c2cccnc2)nc2cc(OCC(=O)N3CCOCC3)ccc12. The van der Waals surface area contributed by atoms with E-state index in [1.165, 1.54) is 0 Å². The summed E-state index contributed by atoms with van der Waals surface area (Å²) in [4.78, 5) is 22.9. The van der Waals surface area contributed by atoms with Crippen LogP contribution in [0.3, 0.4) is 0 Å². The fraction of sp³-hybridized carbons (Fsp3) is 0.286. The van der Waals surface area contributed by atoms with Gasteiger partial charge in [-0.05, 0) is 42.8 Å². The van der Waals surface area contributed by atoms with Crippen LogP contribution in [0.1, 0.15) is 5.56 Å². The van der Waals surface area contributed by atoms with Gasteiger partial charge in [-0.3, -0.25) is 9.78 Å². The van der Waals surface area contributed by atoms with E-state index in [0.717, 1.165) is 27.7 Å². The van der Waals surface area contributed by atoms with Crippen molar-refractivity contribution in [3.05, 3.63) is 54.4 Å². The number of benzene rings is 1. The molecule has 138 valence electrons. The first kappa shape index (κ1) is 17.4. The van der Waals surface area contributed by atoms with Crippen molar-refractivity contribution in [3.8, 4) is 17.0 Å². The second-order valence-corrected chi connectivity index (χ2v) is 6.53. The van der Waals surface area contributed by atoms with Crippen molar-refractivity contribution in [1.29, 1.82) is 0 Å². The van der Waals surface area contributed by atoms with Crippen molar-refractivity contribution < 1.29 is 14.3 Å². The van der Waals surface area contributed by atoms with E-state index in [9.17, 15) is 4.79 Å². The quantitative estimate of drug-likeness (QED) is 0.713. The highest BCUT2D eigenvalue weighted by molar-refractivity contribution is 5.86. The number of pyridine rings is 2. The van der Waals surface area contributed by atoms with Crippen LogP contribution in [0.4, 0.5) is 0 Å². The summed E-state index contributed by atoms with van der Waals surface area (Å²) >= 11 is 0. The van der Waals surface area contributed by atoms with Gasteiger partial charge in [0, 0.05) is 42.5 Å². The summed E-state index contributed by atoms with van der Waals surface area (Å²) in [6, 6.07) is 11.7. The van der Waals surface area contributed by atoms with Crippen molar-refractivity contribution in [3.63, 3.8) is 0 Å². The minimum absolute atomic E-state index is 0.0206. The fourth-order valence-electron chi connectivity index (χ4n) is 3.18. The molecule has 0 spiro atoms. The molecule has 6 heteroatoms. The molecule has 0 bridgehead atoms. The second-order valence-electron chi connectivity index (χ2n) is 6.53. The highest BCUT2D eigenvalue weighted by Crippen LogP contribution is 2.26. The third kappa shape index (κ3) is 3.90. The Morgan fingerprint density at radius 1 is 1.22 bits per heavy atom. The molecule has 27 heavy (non-hydrogen) atoms. The van der Waals surface area contributed by atoms with Gasteiger partial charge in [0.1, 0.15) is 5.75 Å². The lowest BCUT2D eigenvalue weighted by Gasteiger charge is -2.26. The van der Waals surface area contributed by atoms with Gasteiger partial charge >= 0.3 is 0 Å². The lowest BCUT2D eigenvalue weighted by atomic mass is 10.1. The Labute approximate surface area is 157 Å². The molecule has 1 fully saturated rings. The van der Waals surface area contributed by atoms with E-state index in [2.05, 4.69) is 18.0 Å². The number of aromatic nitrogens is 2. The van der Waals surface area contributed by atoms with Gasteiger partial charge < -0.3 is 14.4 Å². The molecular weight excluding hydrogens is 342 g/mol. The maximum Gasteiger partial charge on any atom is 0.260 e. The Hall–Kier alpha value is -2.99. The number of rotatable bonds is 4. The van der Waals surface area contributed by atoms with Crippen molar-refractivity contribution in [1.82, 2.24) is 14.9 Å². The topological polar surface area (TPSA) is 64.6 Å². The van der Waals surface area contributed by atoms with Crippen LogP contribution >= 0.6 is 0 Å². The van der Waals surface area contributed by atoms with Crippen molar-refractivity contribution in [2.45, 2.75) is 6.92 Å². The van der Waals surface area contributed by atoms with Gasteiger partial charge in [-0.25, -0.2) is 4.98 Å². The Bertz CT molecular complexity index is 954. The summed E-state index contributed by atoms with van der Waals surface area (Å²) in [6.07, 6.45) is 3.55. The van der Waals surface area contributed by atoms with Gasteiger partial charge in [-0.15, -0.1) is 0 Å². The number of fused-ring (bicyclic) bond motifs is 1. The number of hydrogen-bond acceptors (Lipinski definition) is 5. The van der Waals surface area contributed by atoms with E-state index in [1.807, 2.05) is 30.3 Å². The molecular formula is C21H21N3O3. The summed E-state index contributed by atoms with van der Waals surface area (Å²) < 4.78 is 11.0. The van der Waals surface area contributed by atoms with E-state index in [0.29, 0.717) is 32.1 Å². The Morgan fingerprint density at radius 3 is 2.85 bits per heavy atom. The number of aryl methyl sites for hydroxylation is 1. The van der Waals surface area contributed by atoms with Gasteiger partial charge in [0.2, 0.25) is 0 Å². The third-order valence-corrected chi connectivity index (χ3v) is 4.67. The zero-order valence-corrected chi connectivity index (χ0v) is 15.2. The maximum absolute atomic E-state index is 12.3. The molecule has 6 nitrogen and oxygen atoms in total. The summed E-state index contributed by atoms with van der Waals surface area (Å²) in [5.41, 5.74) is 3.81. The predicted octanol–water partition coefficient (Wildman–Crippen LogP) is 2.84. The maximum atomic E-state index is 12.3. The molecule has 1 aromatic carbocycles. The number of amides is 1. The number of morpholine rings is 1. The molecule has 0 aliphatic carbocycles. The van der Waals surface area contributed by atoms with Crippen molar-refractivity contribution >= 4 is 16.8 Å². The van der Waals surface area contributed by atoms with Gasteiger partial charge in [0.25, 0.3) is 5.91 Å². The molecule has 1 amide bonds. The van der Waals surface area contributed by atoms with Crippen LogP contribution in [-0.4, -0.2) is 53.7 Å². The monoisotopic (exact) mass is 363 g/mol. The summed E-state index contributed by atoms with van der Waals surface area (Å²) in [6.45, 7) is 4.49. The molecule has 4 rings (SSSR count). The number of hydrogen-bond donors (Lipinski definition) is 0. The Kier molecular flexibility index (Phi) is 4.98. The Balaban J connectivity index is 1.55. The molecule has 0 saturated carbocycles. The molecule has 1 saturated heterocycles. The first-order valence-corrected chi connectivity index (χ1v) is 9.01. The van der Waals surface area contributed by atoms with Crippen molar-refractivity contribution in [2.24, 2.45) is 0 Å². The molecule has 0 N–H and O–H groups in total. The number of nitrogens with zero attached hydrogens (tertiary/aromatic N) is 3. The predicted molar refractivity (Wildman–Crippen MR) is 103 cm³/mol. The van der Waals surface area contributed by atoms with Crippen LogP contribution in [0.25, 0.3) is 22.2 Å². The number of carbonyl (C=O) groups is 1. The first-order valence-electron chi connectivity index (χ1n) is 9.01. The lowest BCUT2D eigenvalue weighted by Crippen LogP contribution is -2.42. The fourth-order valence-corrected chi connectivity index (χ4v) is 3.18. The molecule has 1 aliphatic heterocycles. The van der Waals surface area contributed by atoms with Crippen LogP contribution in [0.5, 0.6) is 5.75 Å². The van der Waals surface area contributed by atoms with E-state index < -0.39 is 0 Å². The second kappa shape index (κ2) is 7.72. The summed E-state index contributed by atoms with van der Waals surface area (Å²) in [7, 11) is 0. The van der Waals surface area contributed by atoms with Crippen LogP contribution in [0.15, 0.2) is 48.8 Å². The normalized spacial score (nSPS) is 14.3. The van der Waals surface area contributed by atoms with E-state index in [-0.39, 0.29) is 12.5 Å². The minimum Gasteiger partial charge on any atom is -0.484 e. The largest absolute Gasteiger partial charge is 0.484 e. The molecule has 0 unspecified atom stereocenters. The van der Waals surface area contributed by atoms with Crippen LogP contribution in [0, 0.1) is 6.92 Å². The minimum atomic E-state index is -0.0216. The van der Waals surface area contributed by atoms with Crippen molar-refractivity contribution in [2.75, 3.05) is 32.9 Å². The standard InChI is InChI=1S/C21H21N3O3/c1-15-11-19(16-3-2-6-22-13-16)23-20-12-17(4-5-18(15)20)27-14-21(25)24-7-9-26-10-8-24/h2-6,11-13H,7-10,14H2,1H3. The highest BCUT2D eigenvalue weighted by atomic mass is 16.5. The van der Waals surface area contributed by atoms with Gasteiger partial charge in [0.15, 0.2) is 6.61 Å². The average molecular weight is 363 g/mol. The van der Waals surface area contributed by atoms with Crippen LogP contribution in [-0.2, 0) is 9.53 Å². The smallest absolute Gasteiger partial charge is 0.260 e. The van der Waals surface area contributed by atoms with E-state index in [1.54, 1.807) is 17.3 Å². The summed E-state index contributed by atoms with van der Waals surface area (Å²) in [5, 5.41) is 1.06. The van der Waals surface area contributed by atoms with Crippen LogP contribution in [0.2, 0.25) is 0 Å². The zero-order valence-electron chi connectivity index (χ0n) is 15.2. The van der Waals surface area contributed by atoms with E-state index in [4.69, 9.17) is 14.5 Å². The lowest BCUT2D eigenvalue weighted by molar-refractivity contribution is -0.137. The Morgan fingerprint density at radius 2 is 2.07 bits per heavy atom. The molecule has 0 radical (unpaired) electrons. The van der Waals surface area contributed by atoms with E-state index >= 15 is 0 Å². The highest BCUT2D eigenvalue weighted by Gasteiger charge is 2.17. The molecule has 2 aromatic heterocycles. The van der Waals surface area contributed by atoms with Crippen LogP contribution < -0.4 is 4.74 Å². The van der Waals surface area contributed by atoms with Gasteiger partial charge in [-0.2, -0.15) is 0 Å². The van der Waals surface area contributed by atoms with Gasteiger partial charge in [-0.1, -0.05) is 0 Å². The number of carbonyl (C=O) groups excluding carboxylic acids is 1. The summed E-state index contributed by atoms with van der Waals surface area (Å²) in [5.74, 6) is 0.617. The first-order chi connectivity index (χ1) is 13.2.